The molecule has 0 saturated heterocycles. The largest absolute Gasteiger partial charge is 0.465 e. The molecule has 1 aromatic carbocycles. The number of benzene rings is 1. The zero-order valence-corrected chi connectivity index (χ0v) is 12.6. The number of anilines is 1. The molecule has 1 aromatic heterocycles. The van der Waals surface area contributed by atoms with E-state index in [1.54, 1.807) is 0 Å². The van der Waals surface area contributed by atoms with E-state index < -0.39 is 0 Å². The third-order valence-electron chi connectivity index (χ3n) is 3.07. The second-order valence-electron chi connectivity index (χ2n) is 4.73. The van der Waals surface area contributed by atoms with Gasteiger partial charge in [-0.2, -0.15) is 0 Å². The summed E-state index contributed by atoms with van der Waals surface area (Å²) in [5, 5.41) is 8.06. The number of methoxy groups -OCH3 is 1. The van der Waals surface area contributed by atoms with Crippen LogP contribution in [0, 0.1) is 0 Å². The van der Waals surface area contributed by atoms with Gasteiger partial charge in [0.1, 0.15) is 4.88 Å². The summed E-state index contributed by atoms with van der Waals surface area (Å²) in [7, 11) is 1.39. The molecule has 1 aliphatic carbocycles. The summed E-state index contributed by atoms with van der Waals surface area (Å²) in [6.45, 7) is 0. The topological polar surface area (TPSA) is 50.4 Å². The van der Waals surface area contributed by atoms with E-state index in [1.807, 2.05) is 24.3 Å². The number of thiophene rings is 1. The SMILES string of the molecule is COC(=O)c1cc2cc(NC(=S)NC3CC3)ccc2s1. The summed E-state index contributed by atoms with van der Waals surface area (Å²) in [6.07, 6.45) is 2.38. The lowest BCUT2D eigenvalue weighted by molar-refractivity contribution is 0.0606. The van der Waals surface area contributed by atoms with Crippen LogP contribution in [0.4, 0.5) is 5.69 Å². The molecule has 1 fully saturated rings. The van der Waals surface area contributed by atoms with Crippen molar-refractivity contribution in [3.8, 4) is 0 Å². The van der Waals surface area contributed by atoms with E-state index in [4.69, 9.17) is 17.0 Å². The Kier molecular flexibility index (Phi) is 3.58. The molecule has 2 N–H and O–H groups in total. The molecule has 2 aromatic rings. The summed E-state index contributed by atoms with van der Waals surface area (Å²) in [6, 6.07) is 8.30. The van der Waals surface area contributed by atoms with Gasteiger partial charge < -0.3 is 15.4 Å². The summed E-state index contributed by atoms with van der Waals surface area (Å²) in [4.78, 5) is 12.1. The fourth-order valence-electron chi connectivity index (χ4n) is 1.90. The average molecular weight is 306 g/mol. The van der Waals surface area contributed by atoms with Crippen LogP contribution in [0.5, 0.6) is 0 Å². The number of carbonyl (C=O) groups is 1. The molecule has 104 valence electrons. The van der Waals surface area contributed by atoms with Gasteiger partial charge >= 0.3 is 5.97 Å². The molecular formula is C14H14N2O2S2. The average Bonchev–Trinajstić information content (AvgIpc) is 3.13. The minimum atomic E-state index is -0.299. The number of fused-ring (bicyclic) bond motifs is 1. The molecule has 0 atom stereocenters. The highest BCUT2D eigenvalue weighted by atomic mass is 32.1. The van der Waals surface area contributed by atoms with Crippen LogP contribution in [0.2, 0.25) is 0 Å². The zero-order valence-electron chi connectivity index (χ0n) is 10.9. The number of hydrogen-bond donors (Lipinski definition) is 2. The Morgan fingerprint density at radius 1 is 1.40 bits per heavy atom. The predicted molar refractivity (Wildman–Crippen MR) is 85.5 cm³/mol. The lowest BCUT2D eigenvalue weighted by atomic mass is 10.2. The fraction of sp³-hybridized carbons (Fsp3) is 0.286. The quantitative estimate of drug-likeness (QED) is 0.674. The van der Waals surface area contributed by atoms with E-state index in [-0.39, 0.29) is 5.97 Å². The molecule has 0 aliphatic heterocycles. The Morgan fingerprint density at radius 2 is 2.20 bits per heavy atom. The van der Waals surface area contributed by atoms with Crippen molar-refractivity contribution >= 4 is 50.4 Å². The summed E-state index contributed by atoms with van der Waals surface area (Å²) >= 11 is 6.67. The number of esters is 1. The molecule has 0 unspecified atom stereocenters. The zero-order chi connectivity index (χ0) is 14.1. The highest BCUT2D eigenvalue weighted by molar-refractivity contribution is 7.80. The van der Waals surface area contributed by atoms with Gasteiger partial charge in [0.05, 0.1) is 7.11 Å². The molecule has 4 nitrogen and oxygen atoms in total. The second-order valence-corrected chi connectivity index (χ2v) is 6.22. The van der Waals surface area contributed by atoms with Gasteiger partial charge in [-0.25, -0.2) is 4.79 Å². The number of thiocarbonyl (C=S) groups is 1. The van der Waals surface area contributed by atoms with Crippen LogP contribution in [0.25, 0.3) is 10.1 Å². The molecule has 3 rings (SSSR count). The normalized spacial score (nSPS) is 14.1. The highest BCUT2D eigenvalue weighted by Crippen LogP contribution is 2.28. The van der Waals surface area contributed by atoms with E-state index in [0.717, 1.165) is 15.8 Å². The molecule has 6 heteroatoms. The summed E-state index contributed by atoms with van der Waals surface area (Å²) in [5.74, 6) is -0.299. The third-order valence-corrected chi connectivity index (χ3v) is 4.39. The molecule has 0 amide bonds. The highest BCUT2D eigenvalue weighted by Gasteiger charge is 2.21. The molecule has 1 saturated carbocycles. The smallest absolute Gasteiger partial charge is 0.348 e. The van der Waals surface area contributed by atoms with Crippen LogP contribution in [0.15, 0.2) is 24.3 Å². The van der Waals surface area contributed by atoms with Crippen LogP contribution in [0.1, 0.15) is 22.5 Å². The fourth-order valence-corrected chi connectivity index (χ4v) is 3.15. The molecule has 20 heavy (non-hydrogen) atoms. The Balaban J connectivity index is 1.78. The van der Waals surface area contributed by atoms with Gasteiger partial charge in [0, 0.05) is 16.4 Å². The maximum atomic E-state index is 11.5. The van der Waals surface area contributed by atoms with Crippen molar-refractivity contribution in [2.24, 2.45) is 0 Å². The van der Waals surface area contributed by atoms with E-state index in [9.17, 15) is 4.79 Å². The predicted octanol–water partition coefficient (Wildman–Crippen LogP) is 3.14. The number of rotatable bonds is 3. The van der Waals surface area contributed by atoms with E-state index in [0.29, 0.717) is 16.0 Å². The Morgan fingerprint density at radius 3 is 2.90 bits per heavy atom. The Bertz CT molecular complexity index is 677. The van der Waals surface area contributed by atoms with Crippen molar-refractivity contribution in [2.45, 2.75) is 18.9 Å². The van der Waals surface area contributed by atoms with Gasteiger partial charge in [-0.1, -0.05) is 0 Å². The molecule has 1 aliphatic rings. The van der Waals surface area contributed by atoms with Crippen molar-refractivity contribution in [1.82, 2.24) is 5.32 Å². The Hall–Kier alpha value is -1.66. The lowest BCUT2D eigenvalue weighted by Gasteiger charge is -2.09. The van der Waals surface area contributed by atoms with Crippen molar-refractivity contribution in [3.05, 3.63) is 29.1 Å². The maximum absolute atomic E-state index is 11.5. The van der Waals surface area contributed by atoms with Crippen LogP contribution in [-0.2, 0) is 4.74 Å². The molecular weight excluding hydrogens is 292 g/mol. The van der Waals surface area contributed by atoms with Gasteiger partial charge in [-0.05, 0) is 54.7 Å². The van der Waals surface area contributed by atoms with Crippen LogP contribution in [0.3, 0.4) is 0 Å². The number of nitrogens with one attached hydrogen (secondary N) is 2. The monoisotopic (exact) mass is 306 g/mol. The number of hydrogen-bond acceptors (Lipinski definition) is 4. The first-order valence-electron chi connectivity index (χ1n) is 6.35. The lowest BCUT2D eigenvalue weighted by Crippen LogP contribution is -2.30. The van der Waals surface area contributed by atoms with Gasteiger partial charge in [0.25, 0.3) is 0 Å². The van der Waals surface area contributed by atoms with Crippen molar-refractivity contribution in [3.63, 3.8) is 0 Å². The van der Waals surface area contributed by atoms with Crippen molar-refractivity contribution < 1.29 is 9.53 Å². The Labute approximate surface area is 126 Å². The summed E-state index contributed by atoms with van der Waals surface area (Å²) < 4.78 is 5.79. The minimum Gasteiger partial charge on any atom is -0.465 e. The molecule has 0 radical (unpaired) electrons. The van der Waals surface area contributed by atoms with Crippen molar-refractivity contribution in [1.29, 1.82) is 0 Å². The summed E-state index contributed by atoms with van der Waals surface area (Å²) in [5.41, 5.74) is 0.921. The van der Waals surface area contributed by atoms with Gasteiger partial charge in [0.2, 0.25) is 0 Å². The van der Waals surface area contributed by atoms with Crippen molar-refractivity contribution in [2.75, 3.05) is 12.4 Å². The number of carbonyl (C=O) groups excluding carboxylic acids is 1. The maximum Gasteiger partial charge on any atom is 0.348 e. The molecule has 0 bridgehead atoms. The molecule has 1 heterocycles. The van der Waals surface area contributed by atoms with Crippen LogP contribution in [-0.4, -0.2) is 24.2 Å². The van der Waals surface area contributed by atoms with Gasteiger partial charge in [0.15, 0.2) is 5.11 Å². The first-order chi connectivity index (χ1) is 9.65. The third kappa shape index (κ3) is 2.91. The second kappa shape index (κ2) is 5.38. The minimum absolute atomic E-state index is 0.299. The first-order valence-corrected chi connectivity index (χ1v) is 7.57. The first kappa shape index (κ1) is 13.3. The van der Waals surface area contributed by atoms with Gasteiger partial charge in [-0.15, -0.1) is 11.3 Å². The van der Waals surface area contributed by atoms with E-state index >= 15 is 0 Å². The van der Waals surface area contributed by atoms with Gasteiger partial charge in [-0.3, -0.25) is 0 Å². The number of ether oxygens (including phenoxy) is 1. The van der Waals surface area contributed by atoms with Crippen LogP contribution < -0.4 is 10.6 Å². The standard InChI is InChI=1S/C14H14N2O2S2/c1-18-13(17)12-7-8-6-10(4-5-11(8)20-12)16-14(19)15-9-2-3-9/h4-7,9H,2-3H2,1H3,(H2,15,16,19). The molecule has 0 spiro atoms. The van der Waals surface area contributed by atoms with E-state index in [1.165, 1.54) is 31.3 Å². The van der Waals surface area contributed by atoms with Crippen LogP contribution >= 0.6 is 23.6 Å². The van der Waals surface area contributed by atoms with E-state index in [2.05, 4.69) is 10.6 Å².